The van der Waals surface area contributed by atoms with Crippen molar-refractivity contribution in [2.75, 3.05) is 46.2 Å². The summed E-state index contributed by atoms with van der Waals surface area (Å²) in [7, 11) is 0. The highest BCUT2D eigenvalue weighted by Gasteiger charge is 2.29. The largest absolute Gasteiger partial charge is 0.489 e. The molecular formula is C37H46O10. The standard InChI is InChI=1S/C37H46O10/c1-24(2)23-47-34-31(28-13-10-9-11-14-28)29(16-18-44-35(39)25(3)4)32(42-19-21-45-36(40)26(5)6)30(15-12-17-38)33(34)43-20-22-46-37(41)27(7)8/h9-11,13-14,38H,1,3,5,7,12,15-23H2,2,4,6,8H3. The number of aliphatic hydroxyl groups excluding tert-OH is 1. The Morgan fingerprint density at radius 1 is 0.617 bits per heavy atom. The second-order valence-corrected chi connectivity index (χ2v) is 11.0. The molecule has 2 aromatic carbocycles. The predicted molar refractivity (Wildman–Crippen MR) is 180 cm³/mol. The second-order valence-electron chi connectivity index (χ2n) is 11.0. The number of carbonyl (C=O) groups excluding carboxylic acids is 3. The van der Waals surface area contributed by atoms with E-state index in [4.69, 9.17) is 28.4 Å². The number of benzene rings is 2. The average Bonchev–Trinajstić information content (AvgIpc) is 3.03. The van der Waals surface area contributed by atoms with E-state index < -0.39 is 17.9 Å². The number of esters is 3. The SMILES string of the molecule is C=C(C)COc1c(OCCOC(=O)C(=C)C)c(CCCO)c(OCCOC(=O)C(=C)C)c(CCOC(=O)C(=C)C)c1-c1ccccc1. The Bertz CT molecular complexity index is 1460. The van der Waals surface area contributed by atoms with Crippen LogP contribution in [-0.4, -0.2) is 69.3 Å². The summed E-state index contributed by atoms with van der Waals surface area (Å²) in [5.41, 5.74) is 4.10. The highest BCUT2D eigenvalue weighted by molar-refractivity contribution is 5.88. The Labute approximate surface area is 277 Å². The van der Waals surface area contributed by atoms with Gasteiger partial charge in [0.1, 0.15) is 38.8 Å². The van der Waals surface area contributed by atoms with Gasteiger partial charge in [-0.3, -0.25) is 0 Å². The number of rotatable bonds is 21. The molecule has 0 aromatic heterocycles. The smallest absolute Gasteiger partial charge is 0.333 e. The summed E-state index contributed by atoms with van der Waals surface area (Å²) in [6, 6.07) is 9.42. The molecule has 0 aliphatic heterocycles. The quantitative estimate of drug-likeness (QED) is 0.0574. The lowest BCUT2D eigenvalue weighted by Gasteiger charge is -2.27. The molecule has 10 nitrogen and oxygen atoms in total. The Kier molecular flexibility index (Phi) is 16.0. The summed E-state index contributed by atoms with van der Waals surface area (Å²) in [5.74, 6) is -0.550. The molecule has 0 saturated heterocycles. The third kappa shape index (κ3) is 12.1. The van der Waals surface area contributed by atoms with Crippen LogP contribution in [0.1, 0.15) is 45.2 Å². The number of ether oxygens (including phenoxy) is 6. The number of carbonyl (C=O) groups is 3. The van der Waals surface area contributed by atoms with Gasteiger partial charge in [0.25, 0.3) is 0 Å². The zero-order valence-electron chi connectivity index (χ0n) is 27.9. The Morgan fingerprint density at radius 3 is 1.62 bits per heavy atom. The van der Waals surface area contributed by atoms with Gasteiger partial charge in [-0.25, -0.2) is 14.4 Å². The van der Waals surface area contributed by atoms with Crippen LogP contribution in [-0.2, 0) is 41.4 Å². The minimum atomic E-state index is -0.553. The maximum Gasteiger partial charge on any atom is 0.333 e. The topological polar surface area (TPSA) is 127 Å². The van der Waals surface area contributed by atoms with Gasteiger partial charge in [-0.1, -0.05) is 56.6 Å². The average molecular weight is 651 g/mol. The van der Waals surface area contributed by atoms with Crippen LogP contribution >= 0.6 is 0 Å². The molecule has 2 aromatic rings. The zero-order chi connectivity index (χ0) is 34.9. The number of hydrogen-bond donors (Lipinski definition) is 1. The van der Waals surface area contributed by atoms with Crippen molar-refractivity contribution in [2.24, 2.45) is 0 Å². The van der Waals surface area contributed by atoms with Gasteiger partial charge < -0.3 is 33.5 Å². The van der Waals surface area contributed by atoms with Crippen molar-refractivity contribution in [1.29, 1.82) is 0 Å². The van der Waals surface area contributed by atoms with E-state index in [9.17, 15) is 19.5 Å². The molecule has 0 amide bonds. The molecule has 0 bridgehead atoms. The van der Waals surface area contributed by atoms with Crippen LogP contribution in [0.5, 0.6) is 17.2 Å². The second kappa shape index (κ2) is 19.6. The van der Waals surface area contributed by atoms with Crippen molar-refractivity contribution >= 4 is 17.9 Å². The van der Waals surface area contributed by atoms with E-state index in [1.165, 1.54) is 0 Å². The van der Waals surface area contributed by atoms with Crippen molar-refractivity contribution < 1.29 is 47.9 Å². The van der Waals surface area contributed by atoms with Gasteiger partial charge in [0, 0.05) is 46.4 Å². The van der Waals surface area contributed by atoms with Crippen LogP contribution in [0.2, 0.25) is 0 Å². The van der Waals surface area contributed by atoms with Gasteiger partial charge in [-0.15, -0.1) is 0 Å². The van der Waals surface area contributed by atoms with Crippen molar-refractivity contribution in [3.05, 3.63) is 90.1 Å². The van der Waals surface area contributed by atoms with Gasteiger partial charge in [0.15, 0.2) is 11.5 Å². The van der Waals surface area contributed by atoms with E-state index in [1.807, 2.05) is 37.3 Å². The first kappa shape index (κ1) is 38.4. The molecule has 2 rings (SSSR count). The molecule has 0 atom stereocenters. The molecule has 0 aliphatic carbocycles. The van der Waals surface area contributed by atoms with E-state index in [0.717, 1.165) is 11.1 Å². The molecule has 254 valence electrons. The molecule has 10 heteroatoms. The van der Waals surface area contributed by atoms with E-state index in [1.54, 1.807) is 20.8 Å². The lowest BCUT2D eigenvalue weighted by molar-refractivity contribution is -0.140. The summed E-state index contributed by atoms with van der Waals surface area (Å²) in [4.78, 5) is 36.4. The highest BCUT2D eigenvalue weighted by atomic mass is 16.6. The first-order chi connectivity index (χ1) is 22.4. The van der Waals surface area contributed by atoms with Gasteiger partial charge in [0.2, 0.25) is 0 Å². The lowest BCUT2D eigenvalue weighted by Crippen LogP contribution is -2.18. The molecule has 47 heavy (non-hydrogen) atoms. The van der Waals surface area contributed by atoms with Gasteiger partial charge in [0.05, 0.1) is 6.61 Å². The van der Waals surface area contributed by atoms with Crippen LogP contribution in [0.25, 0.3) is 11.1 Å². The summed E-state index contributed by atoms with van der Waals surface area (Å²) < 4.78 is 35.1. The van der Waals surface area contributed by atoms with E-state index in [2.05, 4.69) is 26.3 Å². The maximum absolute atomic E-state index is 12.3. The fourth-order valence-electron chi connectivity index (χ4n) is 4.25. The number of aliphatic hydroxyl groups is 1. The molecule has 1 N–H and O–H groups in total. The van der Waals surface area contributed by atoms with Crippen LogP contribution in [0, 0.1) is 0 Å². The normalized spacial score (nSPS) is 10.4. The van der Waals surface area contributed by atoms with Crippen molar-refractivity contribution in [3.8, 4) is 28.4 Å². The molecule has 0 saturated carbocycles. The van der Waals surface area contributed by atoms with Crippen molar-refractivity contribution in [1.82, 2.24) is 0 Å². The van der Waals surface area contributed by atoms with E-state index in [0.29, 0.717) is 46.8 Å². The first-order valence-electron chi connectivity index (χ1n) is 15.3. The summed E-state index contributed by atoms with van der Waals surface area (Å²) >= 11 is 0. The predicted octanol–water partition coefficient (Wildman–Crippen LogP) is 5.89. The molecule has 0 heterocycles. The van der Waals surface area contributed by atoms with Gasteiger partial charge in [-0.2, -0.15) is 0 Å². The first-order valence-corrected chi connectivity index (χ1v) is 15.3. The van der Waals surface area contributed by atoms with E-state index in [-0.39, 0.29) is 69.4 Å². The monoisotopic (exact) mass is 650 g/mol. The maximum atomic E-state index is 12.3. The fraction of sp³-hybridized carbons (Fsp3) is 0.378. The molecule has 0 unspecified atom stereocenters. The van der Waals surface area contributed by atoms with Crippen LogP contribution < -0.4 is 14.2 Å². The summed E-state index contributed by atoms with van der Waals surface area (Å²) in [6.45, 7) is 21.2. The minimum absolute atomic E-state index is 0.0110. The summed E-state index contributed by atoms with van der Waals surface area (Å²) in [6.07, 6.45) is 0.849. The van der Waals surface area contributed by atoms with Crippen molar-refractivity contribution in [2.45, 2.75) is 47.0 Å². The van der Waals surface area contributed by atoms with Gasteiger partial charge in [-0.05, 0) is 51.7 Å². The Hall–Kier alpha value is -4.83. The third-order valence-corrected chi connectivity index (χ3v) is 6.42. The molecule has 0 fully saturated rings. The highest BCUT2D eigenvalue weighted by Crippen LogP contribution is 2.50. The lowest BCUT2D eigenvalue weighted by atomic mass is 9.90. The minimum Gasteiger partial charge on any atom is -0.489 e. The van der Waals surface area contributed by atoms with Gasteiger partial charge >= 0.3 is 17.9 Å². The third-order valence-electron chi connectivity index (χ3n) is 6.42. The van der Waals surface area contributed by atoms with Crippen LogP contribution in [0.4, 0.5) is 0 Å². The van der Waals surface area contributed by atoms with E-state index >= 15 is 0 Å². The van der Waals surface area contributed by atoms with Crippen LogP contribution in [0.15, 0.2) is 78.9 Å². The van der Waals surface area contributed by atoms with Crippen molar-refractivity contribution in [3.63, 3.8) is 0 Å². The Morgan fingerprint density at radius 2 is 1.13 bits per heavy atom. The zero-order valence-corrected chi connectivity index (χ0v) is 27.9. The molecule has 0 aliphatic rings. The fourth-order valence-corrected chi connectivity index (χ4v) is 4.25. The molecule has 0 radical (unpaired) electrons. The summed E-state index contributed by atoms with van der Waals surface area (Å²) in [5, 5.41) is 9.84. The number of hydrogen-bond acceptors (Lipinski definition) is 10. The molecular weight excluding hydrogens is 604 g/mol. The molecule has 0 spiro atoms. The Balaban J connectivity index is 2.83. The van der Waals surface area contributed by atoms with Crippen LogP contribution in [0.3, 0.4) is 0 Å².